The highest BCUT2D eigenvalue weighted by molar-refractivity contribution is 5.89. The quantitative estimate of drug-likeness (QED) is 0.828. The SMILES string of the molecule is COc1cc(-c2cccc3c2CC(=O)C(N)CC3)cc(OC)c1OC.Cl. The smallest absolute Gasteiger partial charge is 0.203 e. The number of ether oxygens (including phenoxy) is 3. The molecule has 0 aliphatic heterocycles. The molecule has 0 saturated heterocycles. The maximum atomic E-state index is 12.3. The number of carbonyl (C=O) groups is 1. The summed E-state index contributed by atoms with van der Waals surface area (Å²) in [6, 6.07) is 9.53. The van der Waals surface area contributed by atoms with Gasteiger partial charge in [-0.1, -0.05) is 18.2 Å². The molecule has 1 aliphatic rings. The zero-order valence-corrected chi connectivity index (χ0v) is 16.0. The van der Waals surface area contributed by atoms with E-state index < -0.39 is 0 Å². The first-order valence-electron chi connectivity index (χ1n) is 8.28. The van der Waals surface area contributed by atoms with Crippen LogP contribution >= 0.6 is 12.4 Å². The average molecular weight is 378 g/mol. The fourth-order valence-corrected chi connectivity index (χ4v) is 3.36. The molecule has 0 radical (unpaired) electrons. The number of hydrogen-bond acceptors (Lipinski definition) is 5. The minimum atomic E-state index is -0.389. The van der Waals surface area contributed by atoms with E-state index in [0.29, 0.717) is 30.1 Å². The summed E-state index contributed by atoms with van der Waals surface area (Å²) in [4.78, 5) is 12.3. The Morgan fingerprint density at radius 3 is 2.27 bits per heavy atom. The monoisotopic (exact) mass is 377 g/mol. The van der Waals surface area contributed by atoms with Gasteiger partial charge < -0.3 is 19.9 Å². The van der Waals surface area contributed by atoms with Crippen LogP contribution in [0.5, 0.6) is 17.2 Å². The molecule has 1 atom stereocenters. The number of carbonyl (C=O) groups excluding carboxylic acids is 1. The average Bonchev–Trinajstić information content (AvgIpc) is 2.79. The Labute approximate surface area is 159 Å². The van der Waals surface area contributed by atoms with Gasteiger partial charge in [0.1, 0.15) is 0 Å². The van der Waals surface area contributed by atoms with Crippen molar-refractivity contribution in [2.24, 2.45) is 5.73 Å². The molecule has 0 amide bonds. The number of rotatable bonds is 4. The molecule has 0 heterocycles. The Balaban J connectivity index is 0.00000243. The zero-order chi connectivity index (χ0) is 18.0. The van der Waals surface area contributed by atoms with Crippen molar-refractivity contribution in [3.8, 4) is 28.4 Å². The molecular weight excluding hydrogens is 354 g/mol. The molecule has 26 heavy (non-hydrogen) atoms. The van der Waals surface area contributed by atoms with Crippen molar-refractivity contribution in [2.45, 2.75) is 25.3 Å². The predicted molar refractivity (Wildman–Crippen MR) is 104 cm³/mol. The second-order valence-corrected chi connectivity index (χ2v) is 6.15. The minimum Gasteiger partial charge on any atom is -0.493 e. The Hall–Kier alpha value is -2.24. The topological polar surface area (TPSA) is 70.8 Å². The molecule has 0 aromatic heterocycles. The molecule has 2 N–H and O–H groups in total. The highest BCUT2D eigenvalue weighted by Gasteiger charge is 2.24. The van der Waals surface area contributed by atoms with Gasteiger partial charge in [-0.25, -0.2) is 0 Å². The summed E-state index contributed by atoms with van der Waals surface area (Å²) in [5.74, 6) is 1.81. The predicted octanol–water partition coefficient (Wildman–Crippen LogP) is 3.19. The number of ketones is 1. The van der Waals surface area contributed by atoms with Gasteiger partial charge in [0.2, 0.25) is 5.75 Å². The van der Waals surface area contributed by atoms with E-state index in [2.05, 4.69) is 6.07 Å². The van der Waals surface area contributed by atoms with Crippen LogP contribution in [-0.2, 0) is 17.6 Å². The van der Waals surface area contributed by atoms with Crippen molar-refractivity contribution < 1.29 is 19.0 Å². The number of aryl methyl sites for hydroxylation is 1. The summed E-state index contributed by atoms with van der Waals surface area (Å²) in [5, 5.41) is 0. The maximum Gasteiger partial charge on any atom is 0.203 e. The van der Waals surface area contributed by atoms with Crippen molar-refractivity contribution >= 4 is 18.2 Å². The molecule has 6 heteroatoms. The Kier molecular flexibility index (Phi) is 6.51. The highest BCUT2D eigenvalue weighted by atomic mass is 35.5. The van der Waals surface area contributed by atoms with E-state index in [1.165, 1.54) is 5.56 Å². The summed E-state index contributed by atoms with van der Waals surface area (Å²) in [7, 11) is 4.76. The number of halogens is 1. The molecule has 5 nitrogen and oxygen atoms in total. The van der Waals surface area contributed by atoms with E-state index in [1.807, 2.05) is 24.3 Å². The van der Waals surface area contributed by atoms with Crippen molar-refractivity contribution in [3.63, 3.8) is 0 Å². The van der Waals surface area contributed by atoms with Gasteiger partial charge in [-0.3, -0.25) is 4.79 Å². The molecular formula is C20H24ClNO4. The van der Waals surface area contributed by atoms with E-state index in [4.69, 9.17) is 19.9 Å². The summed E-state index contributed by atoms with van der Waals surface area (Å²) in [5.41, 5.74) is 10.1. The highest BCUT2D eigenvalue weighted by Crippen LogP contribution is 2.42. The van der Waals surface area contributed by atoms with Gasteiger partial charge >= 0.3 is 0 Å². The van der Waals surface area contributed by atoms with Crippen LogP contribution in [-0.4, -0.2) is 33.2 Å². The molecule has 0 spiro atoms. The van der Waals surface area contributed by atoms with E-state index in [-0.39, 0.29) is 24.2 Å². The molecule has 0 saturated carbocycles. The number of benzene rings is 2. The summed E-state index contributed by atoms with van der Waals surface area (Å²) < 4.78 is 16.3. The van der Waals surface area contributed by atoms with Gasteiger partial charge in [-0.05, 0) is 47.2 Å². The third-order valence-corrected chi connectivity index (χ3v) is 4.74. The third kappa shape index (κ3) is 3.64. The van der Waals surface area contributed by atoms with Crippen LogP contribution in [0.3, 0.4) is 0 Å². The molecule has 0 fully saturated rings. The summed E-state index contributed by atoms with van der Waals surface area (Å²) in [6.07, 6.45) is 1.84. The fraction of sp³-hybridized carbons (Fsp3) is 0.350. The van der Waals surface area contributed by atoms with Gasteiger partial charge in [0, 0.05) is 6.42 Å². The number of fused-ring (bicyclic) bond motifs is 1. The van der Waals surface area contributed by atoms with E-state index in [0.717, 1.165) is 23.1 Å². The first-order chi connectivity index (χ1) is 12.1. The van der Waals surface area contributed by atoms with Gasteiger partial charge in [0.05, 0.1) is 27.4 Å². The first kappa shape index (κ1) is 20.1. The molecule has 140 valence electrons. The molecule has 1 unspecified atom stereocenters. The molecule has 2 aromatic rings. The van der Waals surface area contributed by atoms with Gasteiger partial charge in [-0.2, -0.15) is 0 Å². The fourth-order valence-electron chi connectivity index (χ4n) is 3.36. The van der Waals surface area contributed by atoms with E-state index in [1.54, 1.807) is 21.3 Å². The minimum absolute atomic E-state index is 0. The van der Waals surface area contributed by atoms with Crippen LogP contribution in [0, 0.1) is 0 Å². The van der Waals surface area contributed by atoms with Crippen molar-refractivity contribution in [1.82, 2.24) is 0 Å². The second-order valence-electron chi connectivity index (χ2n) is 6.15. The number of hydrogen-bond donors (Lipinski definition) is 1. The largest absolute Gasteiger partial charge is 0.493 e. The van der Waals surface area contributed by atoms with Crippen molar-refractivity contribution in [2.75, 3.05) is 21.3 Å². The summed E-state index contributed by atoms with van der Waals surface area (Å²) in [6.45, 7) is 0. The van der Waals surface area contributed by atoms with Crippen LogP contribution < -0.4 is 19.9 Å². The molecule has 0 bridgehead atoms. The lowest BCUT2D eigenvalue weighted by Gasteiger charge is -2.17. The van der Waals surface area contributed by atoms with Crippen LogP contribution in [0.2, 0.25) is 0 Å². The third-order valence-electron chi connectivity index (χ3n) is 4.74. The lowest BCUT2D eigenvalue weighted by atomic mass is 9.92. The Morgan fingerprint density at radius 2 is 1.69 bits per heavy atom. The Morgan fingerprint density at radius 1 is 1.04 bits per heavy atom. The standard InChI is InChI=1S/C20H23NO4.ClH/c1-23-18-9-13(10-19(24-2)20(18)25-3)14-6-4-5-12-7-8-16(21)17(22)11-15(12)14;/h4-6,9-10,16H,7-8,11,21H2,1-3H3;1H. The number of methoxy groups -OCH3 is 3. The van der Waals surface area contributed by atoms with Gasteiger partial charge in [0.15, 0.2) is 17.3 Å². The zero-order valence-electron chi connectivity index (χ0n) is 15.2. The van der Waals surface area contributed by atoms with Crippen molar-refractivity contribution in [1.29, 1.82) is 0 Å². The van der Waals surface area contributed by atoms with Crippen molar-refractivity contribution in [3.05, 3.63) is 41.5 Å². The van der Waals surface area contributed by atoms with Crippen LogP contribution in [0.4, 0.5) is 0 Å². The number of nitrogens with two attached hydrogens (primary N) is 1. The van der Waals surface area contributed by atoms with Gasteiger partial charge in [-0.15, -0.1) is 12.4 Å². The van der Waals surface area contributed by atoms with Gasteiger partial charge in [0.25, 0.3) is 0 Å². The van der Waals surface area contributed by atoms with Crippen LogP contribution in [0.1, 0.15) is 17.5 Å². The lowest BCUT2D eigenvalue weighted by Crippen LogP contribution is -2.30. The van der Waals surface area contributed by atoms with Crippen LogP contribution in [0.25, 0.3) is 11.1 Å². The summed E-state index contributed by atoms with van der Waals surface area (Å²) >= 11 is 0. The Bertz CT molecular complexity index is 781. The van der Waals surface area contributed by atoms with E-state index >= 15 is 0 Å². The number of Topliss-reactive ketones (excluding diaryl/α,β-unsaturated/α-hetero) is 1. The molecule has 2 aromatic carbocycles. The first-order valence-corrected chi connectivity index (χ1v) is 8.28. The normalized spacial score (nSPS) is 16.2. The van der Waals surface area contributed by atoms with Crippen LogP contribution in [0.15, 0.2) is 30.3 Å². The van der Waals surface area contributed by atoms with E-state index in [9.17, 15) is 4.79 Å². The lowest BCUT2D eigenvalue weighted by molar-refractivity contribution is -0.119. The maximum absolute atomic E-state index is 12.3. The second kappa shape index (κ2) is 8.43. The molecule has 3 rings (SSSR count). The molecule has 1 aliphatic carbocycles.